The monoisotopic (exact) mass is 283 g/mol. The Labute approximate surface area is 125 Å². The van der Waals surface area contributed by atoms with E-state index >= 15 is 0 Å². The number of pyridine rings is 1. The van der Waals surface area contributed by atoms with Gasteiger partial charge in [0.25, 0.3) is 5.91 Å². The van der Waals surface area contributed by atoms with Gasteiger partial charge in [-0.05, 0) is 50.4 Å². The van der Waals surface area contributed by atoms with E-state index < -0.39 is 0 Å². The van der Waals surface area contributed by atoms with Crippen molar-refractivity contribution < 1.29 is 4.79 Å². The number of rotatable bonds is 4. The van der Waals surface area contributed by atoms with Crippen LogP contribution in [0.5, 0.6) is 0 Å². The summed E-state index contributed by atoms with van der Waals surface area (Å²) in [5.74, 6) is 0.133. The molecule has 4 heteroatoms. The van der Waals surface area contributed by atoms with Crippen LogP contribution in [0.4, 0.5) is 0 Å². The SMILES string of the molecule is NCCCC1CCCN1C(=O)c1cccc2ncccc12. The molecule has 0 spiro atoms. The van der Waals surface area contributed by atoms with Crippen LogP contribution >= 0.6 is 0 Å². The van der Waals surface area contributed by atoms with Crippen LogP contribution in [-0.2, 0) is 0 Å². The van der Waals surface area contributed by atoms with Gasteiger partial charge in [0.05, 0.1) is 5.52 Å². The van der Waals surface area contributed by atoms with E-state index in [-0.39, 0.29) is 5.91 Å². The molecule has 1 saturated heterocycles. The van der Waals surface area contributed by atoms with E-state index in [0.29, 0.717) is 12.6 Å². The topological polar surface area (TPSA) is 59.2 Å². The highest BCUT2D eigenvalue weighted by Crippen LogP contribution is 2.26. The summed E-state index contributed by atoms with van der Waals surface area (Å²) >= 11 is 0. The van der Waals surface area contributed by atoms with Crippen LogP contribution < -0.4 is 5.73 Å². The number of carbonyl (C=O) groups is 1. The Kier molecular flexibility index (Phi) is 4.15. The number of carbonyl (C=O) groups excluding carboxylic acids is 1. The molecule has 2 heterocycles. The molecule has 2 N–H and O–H groups in total. The standard InChI is InChI=1S/C17H21N3O/c18-10-2-5-13-6-4-12-20(13)17(21)15-7-1-9-16-14(15)8-3-11-19-16/h1,3,7-9,11,13H,2,4-6,10,12,18H2. The molecule has 1 fully saturated rings. The molecular formula is C17H21N3O. The zero-order valence-electron chi connectivity index (χ0n) is 12.2. The van der Waals surface area contributed by atoms with Gasteiger partial charge in [0.2, 0.25) is 0 Å². The second-order valence-corrected chi connectivity index (χ2v) is 5.60. The van der Waals surface area contributed by atoms with Crippen molar-refractivity contribution in [3.8, 4) is 0 Å². The maximum Gasteiger partial charge on any atom is 0.254 e. The fraction of sp³-hybridized carbons (Fsp3) is 0.412. The first-order chi connectivity index (χ1) is 10.3. The summed E-state index contributed by atoms with van der Waals surface area (Å²) in [5, 5.41) is 0.939. The number of aromatic nitrogens is 1. The maximum absolute atomic E-state index is 12.9. The Hall–Kier alpha value is -1.94. The summed E-state index contributed by atoms with van der Waals surface area (Å²) in [5.41, 5.74) is 7.24. The molecule has 1 aromatic heterocycles. The van der Waals surface area contributed by atoms with E-state index in [1.54, 1.807) is 6.20 Å². The van der Waals surface area contributed by atoms with Crippen molar-refractivity contribution in [1.29, 1.82) is 0 Å². The quantitative estimate of drug-likeness (QED) is 0.938. The molecule has 110 valence electrons. The van der Waals surface area contributed by atoms with Crippen LogP contribution in [0.25, 0.3) is 10.9 Å². The number of likely N-dealkylation sites (tertiary alicyclic amines) is 1. The minimum absolute atomic E-state index is 0.133. The van der Waals surface area contributed by atoms with Crippen molar-refractivity contribution in [2.45, 2.75) is 31.7 Å². The van der Waals surface area contributed by atoms with Gasteiger partial charge in [0, 0.05) is 29.7 Å². The minimum Gasteiger partial charge on any atom is -0.336 e. The molecule has 1 aliphatic rings. The third-order valence-corrected chi connectivity index (χ3v) is 4.26. The molecule has 21 heavy (non-hydrogen) atoms. The number of hydrogen-bond donors (Lipinski definition) is 1. The summed E-state index contributed by atoms with van der Waals surface area (Å²) in [6, 6.07) is 9.96. The first-order valence-corrected chi connectivity index (χ1v) is 7.66. The number of benzene rings is 1. The third kappa shape index (κ3) is 2.76. The van der Waals surface area contributed by atoms with E-state index in [2.05, 4.69) is 4.98 Å². The number of nitrogens with zero attached hydrogens (tertiary/aromatic N) is 2. The van der Waals surface area contributed by atoms with Crippen LogP contribution in [-0.4, -0.2) is 34.9 Å². The fourth-order valence-corrected chi connectivity index (χ4v) is 3.20. The Balaban J connectivity index is 1.89. The van der Waals surface area contributed by atoms with E-state index in [4.69, 9.17) is 5.73 Å². The number of hydrogen-bond acceptors (Lipinski definition) is 3. The molecule has 0 saturated carbocycles. The Bertz CT molecular complexity index is 635. The molecule has 0 aliphatic carbocycles. The molecule has 1 aromatic carbocycles. The van der Waals surface area contributed by atoms with Gasteiger partial charge >= 0.3 is 0 Å². The van der Waals surface area contributed by atoms with Crippen LogP contribution in [0.15, 0.2) is 36.5 Å². The van der Waals surface area contributed by atoms with Gasteiger partial charge in [-0.2, -0.15) is 0 Å². The summed E-state index contributed by atoms with van der Waals surface area (Å²) < 4.78 is 0. The molecule has 4 nitrogen and oxygen atoms in total. The maximum atomic E-state index is 12.9. The lowest BCUT2D eigenvalue weighted by atomic mass is 10.1. The van der Waals surface area contributed by atoms with Crippen LogP contribution in [0.3, 0.4) is 0 Å². The zero-order chi connectivity index (χ0) is 14.7. The smallest absolute Gasteiger partial charge is 0.254 e. The third-order valence-electron chi connectivity index (χ3n) is 4.26. The molecule has 1 unspecified atom stereocenters. The van der Waals surface area contributed by atoms with E-state index in [0.717, 1.165) is 48.7 Å². The second-order valence-electron chi connectivity index (χ2n) is 5.60. The number of nitrogens with two attached hydrogens (primary N) is 1. The normalized spacial score (nSPS) is 18.3. The van der Waals surface area contributed by atoms with Crippen molar-refractivity contribution in [1.82, 2.24) is 9.88 Å². The number of amides is 1. The van der Waals surface area contributed by atoms with Gasteiger partial charge in [-0.25, -0.2) is 0 Å². The number of fused-ring (bicyclic) bond motifs is 1. The van der Waals surface area contributed by atoms with Gasteiger partial charge in [0.1, 0.15) is 0 Å². The summed E-state index contributed by atoms with van der Waals surface area (Å²) in [7, 11) is 0. The highest BCUT2D eigenvalue weighted by Gasteiger charge is 2.29. The Morgan fingerprint density at radius 3 is 3.10 bits per heavy atom. The lowest BCUT2D eigenvalue weighted by Gasteiger charge is -2.25. The Morgan fingerprint density at radius 1 is 1.33 bits per heavy atom. The molecule has 0 bridgehead atoms. The lowest BCUT2D eigenvalue weighted by Crippen LogP contribution is -2.35. The average molecular weight is 283 g/mol. The lowest BCUT2D eigenvalue weighted by molar-refractivity contribution is 0.0731. The predicted octanol–water partition coefficient (Wildman–Crippen LogP) is 2.58. The first kappa shape index (κ1) is 14.0. The van der Waals surface area contributed by atoms with Gasteiger partial charge in [0.15, 0.2) is 0 Å². The predicted molar refractivity (Wildman–Crippen MR) is 84.1 cm³/mol. The van der Waals surface area contributed by atoms with Crippen molar-refractivity contribution in [3.63, 3.8) is 0 Å². The zero-order valence-corrected chi connectivity index (χ0v) is 12.2. The average Bonchev–Trinajstić information content (AvgIpc) is 3.00. The highest BCUT2D eigenvalue weighted by molar-refractivity contribution is 6.06. The van der Waals surface area contributed by atoms with Crippen molar-refractivity contribution in [2.75, 3.05) is 13.1 Å². The highest BCUT2D eigenvalue weighted by atomic mass is 16.2. The molecule has 0 radical (unpaired) electrons. The largest absolute Gasteiger partial charge is 0.336 e. The summed E-state index contributed by atoms with van der Waals surface area (Å²) in [4.78, 5) is 19.3. The van der Waals surface area contributed by atoms with E-state index in [1.165, 1.54) is 0 Å². The molecule has 1 atom stereocenters. The van der Waals surface area contributed by atoms with Gasteiger partial charge in [-0.1, -0.05) is 12.1 Å². The molecule has 1 aliphatic heterocycles. The minimum atomic E-state index is 0.133. The van der Waals surface area contributed by atoms with Crippen LogP contribution in [0, 0.1) is 0 Å². The van der Waals surface area contributed by atoms with Gasteiger partial charge in [-0.15, -0.1) is 0 Å². The molecular weight excluding hydrogens is 262 g/mol. The second kappa shape index (κ2) is 6.22. The molecule has 1 amide bonds. The fourth-order valence-electron chi connectivity index (χ4n) is 3.20. The van der Waals surface area contributed by atoms with E-state index in [9.17, 15) is 4.79 Å². The van der Waals surface area contributed by atoms with E-state index in [1.807, 2.05) is 35.2 Å². The molecule has 2 aromatic rings. The summed E-state index contributed by atoms with van der Waals surface area (Å²) in [6.45, 7) is 1.54. The first-order valence-electron chi connectivity index (χ1n) is 7.66. The van der Waals surface area contributed by atoms with Gasteiger partial charge in [-0.3, -0.25) is 9.78 Å². The van der Waals surface area contributed by atoms with Crippen molar-refractivity contribution >= 4 is 16.8 Å². The van der Waals surface area contributed by atoms with Crippen LogP contribution in [0.1, 0.15) is 36.0 Å². The van der Waals surface area contributed by atoms with Crippen molar-refractivity contribution in [3.05, 3.63) is 42.1 Å². The summed E-state index contributed by atoms with van der Waals surface area (Å²) in [6.07, 6.45) is 5.92. The molecule has 3 rings (SSSR count). The Morgan fingerprint density at radius 2 is 2.24 bits per heavy atom. The van der Waals surface area contributed by atoms with Crippen molar-refractivity contribution in [2.24, 2.45) is 5.73 Å². The van der Waals surface area contributed by atoms with Gasteiger partial charge < -0.3 is 10.6 Å². The van der Waals surface area contributed by atoms with Crippen LogP contribution in [0.2, 0.25) is 0 Å².